The third-order valence-corrected chi connectivity index (χ3v) is 6.23. The molecule has 4 N–H and O–H groups in total. The van der Waals surface area contributed by atoms with Gasteiger partial charge in [-0.05, 0) is 29.3 Å². The summed E-state index contributed by atoms with van der Waals surface area (Å²) in [5.41, 5.74) is 3.89. The zero-order chi connectivity index (χ0) is 27.8. The number of nitrogen functional groups attached to an aromatic ring is 1. The lowest BCUT2D eigenvalue weighted by atomic mass is 9.93. The van der Waals surface area contributed by atoms with Crippen LogP contribution in [0.1, 0.15) is 28.6 Å². The second-order valence-electron chi connectivity index (χ2n) is 8.93. The Labute approximate surface area is 219 Å². The molecule has 202 valence electrons. The highest BCUT2D eigenvalue weighted by molar-refractivity contribution is 6.28. The number of rotatable bonds is 9. The lowest BCUT2D eigenvalue weighted by Crippen LogP contribution is -2.52. The average molecular weight is 551 g/mol. The van der Waals surface area contributed by atoms with Gasteiger partial charge in [-0.3, -0.25) is 9.36 Å². The monoisotopic (exact) mass is 550 g/mol. The number of nitrogens with zero attached hydrogens (tertiary/aromatic N) is 5. The van der Waals surface area contributed by atoms with E-state index in [1.165, 1.54) is 40.1 Å². The van der Waals surface area contributed by atoms with Gasteiger partial charge in [0.15, 0.2) is 17.7 Å². The highest BCUT2D eigenvalue weighted by Gasteiger charge is 2.50. The van der Waals surface area contributed by atoms with Gasteiger partial charge in [0, 0.05) is 32.5 Å². The number of aliphatic carboxylic acids is 2. The molecule has 0 unspecified atom stereocenters. The first-order valence-corrected chi connectivity index (χ1v) is 11.7. The topological polar surface area (TPSA) is 183 Å². The van der Waals surface area contributed by atoms with E-state index in [-0.39, 0.29) is 45.7 Å². The van der Waals surface area contributed by atoms with Crippen LogP contribution in [0.25, 0.3) is 11.2 Å². The van der Waals surface area contributed by atoms with Gasteiger partial charge in [-0.15, -0.1) is 0 Å². The summed E-state index contributed by atoms with van der Waals surface area (Å²) in [6, 6.07) is 5.92. The summed E-state index contributed by atoms with van der Waals surface area (Å²) in [4.78, 5) is 49.9. The first kappa shape index (κ1) is 27.2. The van der Waals surface area contributed by atoms with E-state index in [4.69, 9.17) is 26.8 Å². The van der Waals surface area contributed by atoms with Crippen molar-refractivity contribution in [2.45, 2.75) is 36.9 Å². The van der Waals surface area contributed by atoms with Gasteiger partial charge in [-0.2, -0.15) is 9.97 Å². The minimum Gasteiger partial charge on any atom is -0.479 e. The molecule has 3 heterocycles. The predicted molar refractivity (Wildman–Crippen MR) is 130 cm³/mol. The van der Waals surface area contributed by atoms with Gasteiger partial charge >= 0.3 is 11.9 Å². The van der Waals surface area contributed by atoms with Crippen molar-refractivity contribution in [1.82, 2.24) is 24.4 Å². The SMILES string of the molecule is CN(C)C(=O)c1cccc(CC(OC[C@@H]2C[C@H](F)[C@H](n3cnc4c(N)nc(Cl)nc43)O2)(C(=O)O)C(=O)O)c1. The Hall–Kier alpha value is -3.88. The minimum atomic E-state index is -2.72. The molecule has 1 amide bonds. The van der Waals surface area contributed by atoms with Crippen LogP contribution in [0, 0.1) is 0 Å². The molecule has 1 aliphatic heterocycles. The predicted octanol–water partition coefficient (Wildman–Crippen LogP) is 1.56. The van der Waals surface area contributed by atoms with Crippen molar-refractivity contribution in [3.63, 3.8) is 0 Å². The van der Waals surface area contributed by atoms with Crippen molar-refractivity contribution in [2.24, 2.45) is 0 Å². The van der Waals surface area contributed by atoms with Gasteiger partial charge in [0.2, 0.25) is 5.28 Å². The molecule has 2 aromatic heterocycles. The number of amides is 1. The van der Waals surface area contributed by atoms with Gasteiger partial charge in [-0.25, -0.2) is 19.0 Å². The Bertz CT molecular complexity index is 1390. The number of benzene rings is 1. The molecule has 13 nitrogen and oxygen atoms in total. The smallest absolute Gasteiger partial charge is 0.348 e. The van der Waals surface area contributed by atoms with Crippen LogP contribution in [0.3, 0.4) is 0 Å². The lowest BCUT2D eigenvalue weighted by molar-refractivity contribution is -0.188. The second kappa shape index (κ2) is 10.5. The van der Waals surface area contributed by atoms with Gasteiger partial charge in [0.1, 0.15) is 11.7 Å². The zero-order valence-electron chi connectivity index (χ0n) is 20.2. The summed E-state index contributed by atoms with van der Waals surface area (Å²) in [7, 11) is 3.10. The van der Waals surface area contributed by atoms with Gasteiger partial charge in [-0.1, -0.05) is 12.1 Å². The normalized spacial score (nSPS) is 19.5. The molecule has 1 fully saturated rings. The van der Waals surface area contributed by atoms with Crippen LogP contribution in [0.2, 0.25) is 5.28 Å². The fourth-order valence-electron chi connectivity index (χ4n) is 4.16. The quantitative estimate of drug-likeness (QED) is 0.259. The molecular weight excluding hydrogens is 527 g/mol. The maximum Gasteiger partial charge on any atom is 0.348 e. The summed E-state index contributed by atoms with van der Waals surface area (Å²) in [5, 5.41) is 19.6. The Balaban J connectivity index is 1.53. The zero-order valence-corrected chi connectivity index (χ0v) is 21.0. The number of aromatic nitrogens is 4. The van der Waals surface area contributed by atoms with Crippen LogP contribution in [0.4, 0.5) is 10.2 Å². The number of hydrogen-bond donors (Lipinski definition) is 3. The molecule has 4 rings (SSSR count). The molecule has 0 spiro atoms. The Morgan fingerprint density at radius 1 is 1.29 bits per heavy atom. The van der Waals surface area contributed by atoms with Crippen molar-refractivity contribution < 1.29 is 38.5 Å². The summed E-state index contributed by atoms with van der Waals surface area (Å²) < 4.78 is 27.5. The molecule has 0 radical (unpaired) electrons. The molecule has 1 aromatic carbocycles. The van der Waals surface area contributed by atoms with Crippen molar-refractivity contribution in [3.05, 3.63) is 47.0 Å². The van der Waals surface area contributed by atoms with Crippen LogP contribution < -0.4 is 5.73 Å². The highest BCUT2D eigenvalue weighted by atomic mass is 35.5. The largest absolute Gasteiger partial charge is 0.479 e. The number of carbonyl (C=O) groups is 3. The van der Waals surface area contributed by atoms with E-state index in [0.29, 0.717) is 0 Å². The third kappa shape index (κ3) is 5.10. The molecular formula is C23H24ClFN6O7. The number of fused-ring (bicyclic) bond motifs is 1. The van der Waals surface area contributed by atoms with Crippen LogP contribution in [0.15, 0.2) is 30.6 Å². The van der Waals surface area contributed by atoms with Gasteiger partial charge in [0.25, 0.3) is 11.5 Å². The highest BCUT2D eigenvalue weighted by Crippen LogP contribution is 2.35. The average Bonchev–Trinajstić information content (AvgIpc) is 3.43. The van der Waals surface area contributed by atoms with E-state index in [1.807, 2.05) is 0 Å². The van der Waals surface area contributed by atoms with Crippen molar-refractivity contribution in [2.75, 3.05) is 26.4 Å². The third-order valence-electron chi connectivity index (χ3n) is 6.06. The van der Waals surface area contributed by atoms with Crippen LogP contribution in [0.5, 0.6) is 0 Å². The number of carboxylic acids is 2. The Morgan fingerprint density at radius 2 is 2.00 bits per heavy atom. The minimum absolute atomic E-state index is 0.00362. The molecule has 38 heavy (non-hydrogen) atoms. The van der Waals surface area contributed by atoms with E-state index in [2.05, 4.69) is 15.0 Å². The summed E-state index contributed by atoms with van der Waals surface area (Å²) in [6.07, 6.45) is -3.37. The van der Waals surface area contributed by atoms with Crippen LogP contribution >= 0.6 is 11.6 Å². The molecule has 0 aliphatic carbocycles. The van der Waals surface area contributed by atoms with Crippen LogP contribution in [-0.2, 0) is 25.5 Å². The van der Waals surface area contributed by atoms with E-state index in [9.17, 15) is 29.0 Å². The maximum absolute atomic E-state index is 15.0. The van der Waals surface area contributed by atoms with Gasteiger partial charge in [0.05, 0.1) is 19.0 Å². The second-order valence-corrected chi connectivity index (χ2v) is 9.27. The van der Waals surface area contributed by atoms with Gasteiger partial charge < -0.3 is 30.3 Å². The molecule has 3 aromatic rings. The number of carbonyl (C=O) groups excluding carboxylic acids is 1. The number of alkyl halides is 1. The van der Waals surface area contributed by atoms with E-state index in [1.54, 1.807) is 14.1 Å². The number of hydrogen-bond acceptors (Lipinski definition) is 9. The molecule has 0 saturated carbocycles. The fourth-order valence-corrected chi connectivity index (χ4v) is 4.33. The van der Waals surface area contributed by atoms with Crippen molar-refractivity contribution in [1.29, 1.82) is 0 Å². The van der Waals surface area contributed by atoms with E-state index < -0.39 is 49.1 Å². The standard InChI is InChI=1S/C23H24ClFN6O7/c1-30(2)18(32)12-5-3-4-11(6-12)8-23(20(33)34,21(35)36)37-9-13-7-14(25)19(38-13)31-10-27-15-16(26)28-22(24)29-17(15)31/h3-6,10,13-14,19H,7-9H2,1-2H3,(H,33,34)(H,35,36)(H2,26,28,29)/t13-,14-,19+/m0/s1. The lowest BCUT2D eigenvalue weighted by Gasteiger charge is -2.27. The van der Waals surface area contributed by atoms with Crippen LogP contribution in [-0.4, -0.2) is 91.1 Å². The maximum atomic E-state index is 15.0. The number of anilines is 1. The summed E-state index contributed by atoms with van der Waals surface area (Å²) in [6.45, 7) is -0.545. The van der Waals surface area contributed by atoms with Crippen molar-refractivity contribution in [3.8, 4) is 0 Å². The number of carboxylic acid groups (broad SMARTS) is 2. The summed E-state index contributed by atoms with van der Waals surface area (Å²) in [5.74, 6) is -3.87. The fraction of sp³-hybridized carbons (Fsp3) is 0.391. The van der Waals surface area contributed by atoms with E-state index >= 15 is 0 Å². The van der Waals surface area contributed by atoms with Crippen molar-refractivity contribution >= 4 is 46.4 Å². The number of nitrogens with two attached hydrogens (primary N) is 1. The first-order chi connectivity index (χ1) is 17.9. The Kier molecular flexibility index (Phi) is 7.49. The molecule has 15 heteroatoms. The number of halogens is 2. The van der Waals surface area contributed by atoms with E-state index in [0.717, 1.165) is 0 Å². The molecule has 0 bridgehead atoms. The molecule has 3 atom stereocenters. The molecule has 1 saturated heterocycles. The first-order valence-electron chi connectivity index (χ1n) is 11.3. The Morgan fingerprint density at radius 3 is 2.66 bits per heavy atom. The number of ether oxygens (including phenoxy) is 2. The number of imidazole rings is 1. The molecule has 1 aliphatic rings. The summed E-state index contributed by atoms with van der Waals surface area (Å²) >= 11 is 5.86.